The molecule has 3 fully saturated rings. The number of nitrogens with two attached hydrogens (primary N) is 2. The highest BCUT2D eigenvalue weighted by molar-refractivity contribution is 6.03. The van der Waals surface area contributed by atoms with Crippen LogP contribution in [0.25, 0.3) is 0 Å². The Morgan fingerprint density at radius 1 is 1.31 bits per heavy atom. The summed E-state index contributed by atoms with van der Waals surface area (Å²) in [5.74, 6) is -1.23. The number of hydrogen-bond acceptors (Lipinski definition) is 5. The predicted octanol–water partition coefficient (Wildman–Crippen LogP) is -0.812. The van der Waals surface area contributed by atoms with Gasteiger partial charge in [0.15, 0.2) is 0 Å². The molecule has 8 nitrogen and oxygen atoms in total. The predicted molar refractivity (Wildman–Crippen MR) is 94.5 cm³/mol. The first kappa shape index (κ1) is 19.1. The van der Waals surface area contributed by atoms with Gasteiger partial charge in [-0.15, -0.1) is 0 Å². The standard InChI is InChI=1S/C18H30N4O4/c1-10-13(19)16(25)22(8-12-6-4-3-5-7-12)18(10)9-21(17(18)26)14(11(2)23)15(20)24/h10-14,23H,3-9,19H2,1-2H3,(H2,20,24)/t10?,11-,13?,14+,18?/m1/s1. The van der Waals surface area contributed by atoms with Gasteiger partial charge in [-0.3, -0.25) is 14.4 Å². The lowest BCUT2D eigenvalue weighted by atomic mass is 9.75. The molecule has 1 aliphatic carbocycles. The summed E-state index contributed by atoms with van der Waals surface area (Å²) < 4.78 is 0. The molecule has 2 aliphatic heterocycles. The maximum absolute atomic E-state index is 13.1. The average Bonchev–Trinajstić information content (AvgIpc) is 2.78. The second-order valence-corrected chi connectivity index (χ2v) is 8.21. The SMILES string of the molecule is CC1C(N)C(=O)N(CC2CCCCC2)C12CN([C@H](C(N)=O)[C@@H](C)O)C2=O. The van der Waals surface area contributed by atoms with E-state index in [1.807, 2.05) is 6.92 Å². The van der Waals surface area contributed by atoms with Crippen LogP contribution in [0.1, 0.15) is 46.0 Å². The van der Waals surface area contributed by atoms with E-state index in [1.165, 1.54) is 18.2 Å². The van der Waals surface area contributed by atoms with Crippen molar-refractivity contribution in [2.45, 2.75) is 69.7 Å². The summed E-state index contributed by atoms with van der Waals surface area (Å²) >= 11 is 0. The number of primary amides is 1. The van der Waals surface area contributed by atoms with Crippen molar-refractivity contribution in [3.63, 3.8) is 0 Å². The number of aliphatic hydroxyl groups excluding tert-OH is 1. The quantitative estimate of drug-likeness (QED) is 0.548. The van der Waals surface area contributed by atoms with Gasteiger partial charge in [0, 0.05) is 12.5 Å². The van der Waals surface area contributed by atoms with Crippen molar-refractivity contribution in [2.24, 2.45) is 23.3 Å². The Morgan fingerprint density at radius 3 is 2.42 bits per heavy atom. The molecule has 2 saturated heterocycles. The van der Waals surface area contributed by atoms with Crippen molar-refractivity contribution in [3.05, 3.63) is 0 Å². The first-order valence-electron chi connectivity index (χ1n) is 9.57. The van der Waals surface area contributed by atoms with Gasteiger partial charge in [-0.05, 0) is 25.7 Å². The maximum Gasteiger partial charge on any atom is 0.251 e. The van der Waals surface area contributed by atoms with Gasteiger partial charge >= 0.3 is 0 Å². The Morgan fingerprint density at radius 2 is 1.92 bits per heavy atom. The summed E-state index contributed by atoms with van der Waals surface area (Å²) in [7, 11) is 0. The highest BCUT2D eigenvalue weighted by atomic mass is 16.3. The molecule has 1 saturated carbocycles. The third kappa shape index (κ3) is 2.70. The molecule has 0 radical (unpaired) electrons. The van der Waals surface area contributed by atoms with Crippen molar-refractivity contribution >= 4 is 17.7 Å². The Labute approximate surface area is 153 Å². The Kier molecular flexibility index (Phi) is 5.00. The highest BCUT2D eigenvalue weighted by Crippen LogP contribution is 2.45. The monoisotopic (exact) mass is 366 g/mol. The molecular weight excluding hydrogens is 336 g/mol. The minimum absolute atomic E-state index is 0.191. The largest absolute Gasteiger partial charge is 0.391 e. The van der Waals surface area contributed by atoms with E-state index in [2.05, 4.69) is 0 Å². The summed E-state index contributed by atoms with van der Waals surface area (Å²) in [6.07, 6.45) is 4.55. The summed E-state index contributed by atoms with van der Waals surface area (Å²) in [6.45, 7) is 3.98. The minimum Gasteiger partial charge on any atom is -0.391 e. The van der Waals surface area contributed by atoms with Crippen molar-refractivity contribution in [3.8, 4) is 0 Å². The van der Waals surface area contributed by atoms with Crippen LogP contribution in [0.4, 0.5) is 0 Å². The van der Waals surface area contributed by atoms with Gasteiger partial charge in [0.1, 0.15) is 11.6 Å². The molecule has 3 rings (SSSR count). The number of rotatable bonds is 5. The molecule has 0 aromatic carbocycles. The van der Waals surface area contributed by atoms with Gasteiger partial charge < -0.3 is 26.4 Å². The van der Waals surface area contributed by atoms with Gasteiger partial charge in [-0.25, -0.2) is 0 Å². The molecular formula is C18H30N4O4. The molecule has 8 heteroatoms. The van der Waals surface area contributed by atoms with Crippen molar-refractivity contribution in [2.75, 3.05) is 13.1 Å². The summed E-state index contributed by atoms with van der Waals surface area (Å²) in [4.78, 5) is 40.6. The van der Waals surface area contributed by atoms with Gasteiger partial charge in [-0.2, -0.15) is 0 Å². The number of carbonyl (C=O) groups is 3. The lowest BCUT2D eigenvalue weighted by Crippen LogP contribution is -2.78. The molecule has 0 bridgehead atoms. The van der Waals surface area contributed by atoms with Crippen molar-refractivity contribution < 1.29 is 19.5 Å². The summed E-state index contributed by atoms with van der Waals surface area (Å²) in [6, 6.07) is -1.80. The van der Waals surface area contributed by atoms with E-state index in [1.54, 1.807) is 4.90 Å². The van der Waals surface area contributed by atoms with Crippen molar-refractivity contribution in [1.82, 2.24) is 9.80 Å². The molecule has 0 aromatic heterocycles. The van der Waals surface area contributed by atoms with Crippen molar-refractivity contribution in [1.29, 1.82) is 0 Å². The molecule has 3 unspecified atom stereocenters. The zero-order chi connectivity index (χ0) is 19.2. The van der Waals surface area contributed by atoms with Crippen LogP contribution in [0.2, 0.25) is 0 Å². The third-order valence-electron chi connectivity index (χ3n) is 6.62. The molecule has 26 heavy (non-hydrogen) atoms. The van der Waals surface area contributed by atoms with E-state index in [0.717, 1.165) is 25.7 Å². The number of aliphatic hydroxyl groups is 1. The molecule has 1 spiro atoms. The van der Waals surface area contributed by atoms with E-state index in [0.29, 0.717) is 12.5 Å². The smallest absolute Gasteiger partial charge is 0.251 e. The van der Waals surface area contributed by atoms with E-state index in [4.69, 9.17) is 11.5 Å². The van der Waals surface area contributed by atoms with Crippen LogP contribution in [-0.4, -0.2) is 69.4 Å². The molecule has 3 aliphatic rings. The maximum atomic E-state index is 13.1. The fourth-order valence-corrected chi connectivity index (χ4v) is 4.99. The van der Waals surface area contributed by atoms with Gasteiger partial charge in [0.05, 0.1) is 18.7 Å². The zero-order valence-electron chi connectivity index (χ0n) is 15.6. The van der Waals surface area contributed by atoms with Gasteiger partial charge in [0.25, 0.3) is 5.91 Å². The summed E-state index contributed by atoms with van der Waals surface area (Å²) in [5.41, 5.74) is 10.5. The highest BCUT2D eigenvalue weighted by Gasteiger charge is 2.68. The number of nitrogens with zero attached hydrogens (tertiary/aromatic N) is 2. The Bertz CT molecular complexity index is 604. The van der Waals surface area contributed by atoms with Crippen LogP contribution in [-0.2, 0) is 14.4 Å². The number of likely N-dealkylation sites (tertiary alicyclic amines) is 2. The van der Waals surface area contributed by atoms with Crippen LogP contribution in [0, 0.1) is 11.8 Å². The molecule has 146 valence electrons. The van der Waals surface area contributed by atoms with E-state index in [9.17, 15) is 19.5 Å². The Hall–Kier alpha value is -1.67. The first-order chi connectivity index (χ1) is 12.2. The Balaban J connectivity index is 1.84. The lowest BCUT2D eigenvalue weighted by molar-refractivity contribution is -0.178. The van der Waals surface area contributed by atoms with Gasteiger partial charge in [-0.1, -0.05) is 26.2 Å². The average molecular weight is 366 g/mol. The fourth-order valence-electron chi connectivity index (χ4n) is 4.99. The fraction of sp³-hybridized carbons (Fsp3) is 0.833. The molecule has 2 heterocycles. The van der Waals surface area contributed by atoms with Crippen LogP contribution < -0.4 is 11.5 Å². The molecule has 5 N–H and O–H groups in total. The number of hydrogen-bond donors (Lipinski definition) is 3. The topological polar surface area (TPSA) is 130 Å². The van der Waals surface area contributed by atoms with E-state index >= 15 is 0 Å². The second kappa shape index (κ2) is 6.81. The molecule has 5 atom stereocenters. The minimum atomic E-state index is -1.08. The van der Waals surface area contributed by atoms with Crippen LogP contribution in [0.15, 0.2) is 0 Å². The number of carbonyl (C=O) groups excluding carboxylic acids is 3. The van der Waals surface area contributed by atoms with Gasteiger partial charge in [0.2, 0.25) is 11.8 Å². The molecule has 3 amide bonds. The van der Waals surface area contributed by atoms with E-state index in [-0.39, 0.29) is 24.3 Å². The normalized spacial score (nSPS) is 34.9. The third-order valence-corrected chi connectivity index (χ3v) is 6.62. The zero-order valence-corrected chi connectivity index (χ0v) is 15.6. The number of amides is 3. The summed E-state index contributed by atoms with van der Waals surface area (Å²) in [5, 5.41) is 9.86. The lowest BCUT2D eigenvalue weighted by Gasteiger charge is -2.55. The van der Waals surface area contributed by atoms with Crippen LogP contribution >= 0.6 is 0 Å². The van der Waals surface area contributed by atoms with E-state index < -0.39 is 29.6 Å². The van der Waals surface area contributed by atoms with Crippen LogP contribution in [0.3, 0.4) is 0 Å². The number of β-lactam (4-membered cyclic amide) rings is 1. The van der Waals surface area contributed by atoms with Crippen LogP contribution in [0.5, 0.6) is 0 Å². The molecule has 0 aromatic rings. The first-order valence-corrected chi connectivity index (χ1v) is 9.57. The second-order valence-electron chi connectivity index (χ2n) is 8.21.